The smallest absolute Gasteiger partial charge is 0.273 e. The largest absolute Gasteiger partial charge is 0.390 e. The predicted octanol–water partition coefficient (Wildman–Crippen LogP) is 1.41. The molecule has 0 amide bonds. The zero-order chi connectivity index (χ0) is 6.91. The molecule has 1 N–H and O–H groups in total. The summed E-state index contributed by atoms with van der Waals surface area (Å²) in [6, 6.07) is 0. The van der Waals surface area contributed by atoms with Gasteiger partial charge >= 0.3 is 0 Å². The Labute approximate surface area is 94.7 Å². The van der Waals surface area contributed by atoms with Crippen LogP contribution in [-0.2, 0) is 0 Å². The molecule has 4 heteroatoms. The molecule has 10 heavy (non-hydrogen) atoms. The zero-order valence-corrected chi connectivity index (χ0v) is 10.4. The summed E-state index contributed by atoms with van der Waals surface area (Å²) in [5.74, 6) is -3.35. The van der Waals surface area contributed by atoms with Gasteiger partial charge in [-0.3, -0.25) is 0 Å². The summed E-state index contributed by atoms with van der Waals surface area (Å²) in [6.45, 7) is -0.988. The number of hydrogen-bond donors (Lipinski definition) is 1. The summed E-state index contributed by atoms with van der Waals surface area (Å²) >= 11 is 0. The summed E-state index contributed by atoms with van der Waals surface area (Å²) in [5, 5.41) is 8.18. The van der Waals surface area contributed by atoms with Gasteiger partial charge in [0.15, 0.2) is 0 Å². The Balaban J connectivity index is 0.000000810. The normalized spacial score (nSPS) is 19.5. The molecular weight excluding hydrogens is 353 g/mol. The Bertz CT molecular complexity index is 104. The second kappa shape index (κ2) is 4.33. The molecule has 1 fully saturated rings. The van der Waals surface area contributed by atoms with Crippen LogP contribution in [0.1, 0.15) is 19.3 Å². The molecular formula is C6H10AcF2O. The molecule has 0 unspecified atom stereocenters. The van der Waals surface area contributed by atoms with Gasteiger partial charge in [-0.15, -0.1) is 0 Å². The van der Waals surface area contributed by atoms with E-state index in [2.05, 4.69) is 0 Å². The fourth-order valence-electron chi connectivity index (χ4n) is 0.960. The standard InChI is InChI=1S/C6H10F2O.Ac/c7-6(8,4-9)5-2-1-3-5;/h5,9H,1-4H2;. The molecule has 1 saturated carbocycles. The molecule has 0 aromatic heterocycles. The quantitative estimate of drug-likeness (QED) is 0.787. The fourth-order valence-corrected chi connectivity index (χ4v) is 0.960. The van der Waals surface area contributed by atoms with E-state index in [1.165, 1.54) is 0 Å². The van der Waals surface area contributed by atoms with Crippen LogP contribution < -0.4 is 0 Å². The first-order valence-corrected chi connectivity index (χ1v) is 3.15. The molecule has 0 spiro atoms. The molecule has 1 radical (unpaired) electrons. The summed E-state index contributed by atoms with van der Waals surface area (Å²) in [5.41, 5.74) is 0. The third-order valence-electron chi connectivity index (χ3n) is 1.91. The van der Waals surface area contributed by atoms with Crippen LogP contribution in [0.15, 0.2) is 0 Å². The molecule has 0 atom stereocenters. The second-order valence-corrected chi connectivity index (χ2v) is 2.55. The van der Waals surface area contributed by atoms with E-state index in [0.717, 1.165) is 6.42 Å². The number of alkyl halides is 2. The molecule has 1 rings (SSSR count). The Hall–Kier alpha value is 1.26. The molecule has 0 aromatic rings. The molecule has 1 aliphatic rings. The predicted molar refractivity (Wildman–Crippen MR) is 29.4 cm³/mol. The van der Waals surface area contributed by atoms with Gasteiger partial charge < -0.3 is 5.11 Å². The van der Waals surface area contributed by atoms with Gasteiger partial charge in [0.2, 0.25) is 0 Å². The van der Waals surface area contributed by atoms with E-state index < -0.39 is 18.4 Å². The molecule has 0 aliphatic heterocycles. The molecule has 0 saturated heterocycles. The van der Waals surface area contributed by atoms with Crippen molar-refractivity contribution in [2.24, 2.45) is 5.92 Å². The van der Waals surface area contributed by atoms with Crippen molar-refractivity contribution in [1.29, 1.82) is 0 Å². The average molecular weight is 363 g/mol. The second-order valence-electron chi connectivity index (χ2n) is 2.55. The van der Waals surface area contributed by atoms with Crippen LogP contribution in [0.4, 0.5) is 8.78 Å². The Kier molecular flexibility index (Phi) is 4.87. The van der Waals surface area contributed by atoms with Crippen LogP contribution in [0.25, 0.3) is 0 Å². The Morgan fingerprint density at radius 2 is 1.90 bits per heavy atom. The van der Waals surface area contributed by atoms with Crippen molar-refractivity contribution in [1.82, 2.24) is 0 Å². The van der Waals surface area contributed by atoms with Crippen molar-refractivity contribution in [2.45, 2.75) is 25.2 Å². The topological polar surface area (TPSA) is 20.2 Å². The number of aliphatic hydroxyl groups excluding tert-OH is 1. The van der Waals surface area contributed by atoms with Gasteiger partial charge in [0.05, 0.1) is 0 Å². The minimum atomic E-state index is -2.81. The van der Waals surface area contributed by atoms with E-state index in [-0.39, 0.29) is 44.1 Å². The van der Waals surface area contributed by atoms with Crippen molar-refractivity contribution in [3.8, 4) is 0 Å². The first-order valence-electron chi connectivity index (χ1n) is 3.15. The maximum atomic E-state index is 12.3. The average Bonchev–Trinajstić information content (AvgIpc) is 1.60. The van der Waals surface area contributed by atoms with Gasteiger partial charge in [-0.2, -0.15) is 0 Å². The Morgan fingerprint density at radius 1 is 1.40 bits per heavy atom. The van der Waals surface area contributed by atoms with Gasteiger partial charge in [-0.25, -0.2) is 8.78 Å². The van der Waals surface area contributed by atoms with Gasteiger partial charge in [0.25, 0.3) is 5.92 Å². The molecule has 0 aromatic carbocycles. The van der Waals surface area contributed by atoms with Gasteiger partial charge in [-0.05, 0) is 12.8 Å². The first-order chi connectivity index (χ1) is 4.17. The summed E-state index contributed by atoms with van der Waals surface area (Å²) in [4.78, 5) is 0. The van der Waals surface area contributed by atoms with Crippen LogP contribution in [0, 0.1) is 50.0 Å². The van der Waals surface area contributed by atoms with Crippen LogP contribution in [0.2, 0.25) is 0 Å². The van der Waals surface area contributed by atoms with Gasteiger partial charge in [0, 0.05) is 50.0 Å². The van der Waals surface area contributed by atoms with Gasteiger partial charge in [0.1, 0.15) is 6.61 Å². The van der Waals surface area contributed by atoms with Crippen LogP contribution in [0.5, 0.6) is 0 Å². The van der Waals surface area contributed by atoms with E-state index in [4.69, 9.17) is 5.11 Å². The van der Waals surface area contributed by atoms with Crippen molar-refractivity contribution in [3.05, 3.63) is 0 Å². The third-order valence-corrected chi connectivity index (χ3v) is 1.91. The van der Waals surface area contributed by atoms with Crippen molar-refractivity contribution >= 4 is 0 Å². The molecule has 57 valence electrons. The fraction of sp³-hybridized carbons (Fsp3) is 1.00. The van der Waals surface area contributed by atoms with E-state index in [1.807, 2.05) is 0 Å². The third kappa shape index (κ3) is 2.39. The number of rotatable bonds is 2. The van der Waals surface area contributed by atoms with Crippen molar-refractivity contribution < 1.29 is 57.9 Å². The van der Waals surface area contributed by atoms with Crippen molar-refractivity contribution in [2.75, 3.05) is 6.61 Å². The monoisotopic (exact) mass is 363 g/mol. The summed E-state index contributed by atoms with van der Waals surface area (Å²) in [6.07, 6.45) is 2.04. The van der Waals surface area contributed by atoms with E-state index in [9.17, 15) is 8.78 Å². The van der Waals surface area contributed by atoms with Crippen LogP contribution in [-0.4, -0.2) is 17.6 Å². The van der Waals surface area contributed by atoms with Gasteiger partial charge in [-0.1, -0.05) is 6.42 Å². The molecule has 1 nitrogen and oxygen atoms in total. The summed E-state index contributed by atoms with van der Waals surface area (Å²) in [7, 11) is 0. The Morgan fingerprint density at radius 3 is 2.00 bits per heavy atom. The molecule has 1 aliphatic carbocycles. The van der Waals surface area contributed by atoms with E-state index in [0.29, 0.717) is 12.8 Å². The number of aliphatic hydroxyl groups is 1. The summed E-state index contributed by atoms with van der Waals surface area (Å²) < 4.78 is 24.7. The molecule has 0 bridgehead atoms. The minimum Gasteiger partial charge on any atom is -0.390 e. The SMILES string of the molecule is OCC(F)(F)C1CCC1.[Ac]. The number of halogens is 2. The first kappa shape index (κ1) is 11.3. The van der Waals surface area contributed by atoms with Crippen LogP contribution >= 0.6 is 0 Å². The van der Waals surface area contributed by atoms with Crippen molar-refractivity contribution in [3.63, 3.8) is 0 Å². The number of hydrogen-bond acceptors (Lipinski definition) is 1. The molecule has 0 heterocycles. The van der Waals surface area contributed by atoms with Crippen LogP contribution in [0.3, 0.4) is 0 Å². The van der Waals surface area contributed by atoms with E-state index in [1.54, 1.807) is 0 Å². The van der Waals surface area contributed by atoms with E-state index >= 15 is 0 Å². The maximum absolute atomic E-state index is 12.3. The minimum absolute atomic E-state index is 0. The zero-order valence-electron chi connectivity index (χ0n) is 5.69. The maximum Gasteiger partial charge on any atom is 0.273 e.